The quantitative estimate of drug-likeness (QED) is 0.118. The summed E-state index contributed by atoms with van der Waals surface area (Å²) in [4.78, 5) is 19.9. The molecule has 2 heterocycles. The Bertz CT molecular complexity index is 1780. The predicted molar refractivity (Wildman–Crippen MR) is 225 cm³/mol. The third kappa shape index (κ3) is 9.23. The average molecular weight is 838 g/mol. The summed E-state index contributed by atoms with van der Waals surface area (Å²) in [5, 5.41) is 0. The third-order valence-electron chi connectivity index (χ3n) is 10.3. The van der Waals surface area contributed by atoms with E-state index in [1.807, 2.05) is 22.8 Å². The van der Waals surface area contributed by atoms with Crippen LogP contribution in [0.4, 0.5) is 17.1 Å². The molecule has 1 amide bonds. The molecular weight excluding hydrogens is 779 g/mol. The van der Waals surface area contributed by atoms with Crippen LogP contribution in [0.25, 0.3) is 0 Å². The van der Waals surface area contributed by atoms with Crippen LogP contribution in [0.3, 0.4) is 0 Å². The predicted octanol–water partition coefficient (Wildman–Crippen LogP) is 11.5. The molecule has 0 N–H and O–H groups in total. The summed E-state index contributed by atoms with van der Waals surface area (Å²) in [5.74, 6) is 3.49. The van der Waals surface area contributed by atoms with Gasteiger partial charge in [0.2, 0.25) is 0 Å². The topological polar surface area (TPSA) is 45.2 Å². The first-order chi connectivity index (χ1) is 25.9. The molecular formula is C46H58ClN3O3Ru-. The zero-order chi connectivity index (χ0) is 39.1. The van der Waals surface area contributed by atoms with Gasteiger partial charge in [0.15, 0.2) is 0 Å². The van der Waals surface area contributed by atoms with Gasteiger partial charge in [-0.15, -0.1) is 0 Å². The van der Waals surface area contributed by atoms with E-state index in [0.29, 0.717) is 35.8 Å². The first-order valence-corrected chi connectivity index (χ1v) is 22.6. The molecule has 1 fully saturated rings. The molecule has 1 atom stereocenters. The molecule has 291 valence electrons. The van der Waals surface area contributed by atoms with Crippen LogP contribution in [0.15, 0.2) is 78.9 Å². The molecule has 4 aromatic carbocycles. The fourth-order valence-electron chi connectivity index (χ4n) is 7.33. The number of halogens is 1. The van der Waals surface area contributed by atoms with Crippen molar-refractivity contribution in [2.45, 2.75) is 98.5 Å². The number of rotatable bonds is 10. The third-order valence-corrected chi connectivity index (χ3v) is 11.5. The minimum absolute atomic E-state index is 0.0321. The Morgan fingerprint density at radius 2 is 1.28 bits per heavy atom. The summed E-state index contributed by atoms with van der Waals surface area (Å²) < 4.78 is 13.3. The number of carbonyl (C=O) groups excluding carboxylic acids is 1. The van der Waals surface area contributed by atoms with Gasteiger partial charge in [-0.25, -0.2) is 0 Å². The van der Waals surface area contributed by atoms with Gasteiger partial charge in [-0.2, -0.15) is 6.67 Å². The summed E-state index contributed by atoms with van der Waals surface area (Å²) >= 11 is -0.369. The Hall–Kier alpha value is -3.67. The van der Waals surface area contributed by atoms with Gasteiger partial charge in [0.1, 0.15) is 0 Å². The molecule has 8 heteroatoms. The molecule has 54 heavy (non-hydrogen) atoms. The van der Waals surface area contributed by atoms with Crippen molar-refractivity contribution in [3.63, 3.8) is 0 Å². The summed E-state index contributed by atoms with van der Waals surface area (Å²) in [5.41, 5.74) is 11.0. The van der Waals surface area contributed by atoms with Crippen LogP contribution < -0.4 is 24.2 Å². The Labute approximate surface area is 336 Å². The number of carbonyl (C=O) groups is 1. The first-order valence-electron chi connectivity index (χ1n) is 19.3. The van der Waals surface area contributed by atoms with Crippen molar-refractivity contribution in [2.24, 2.45) is 0 Å². The van der Waals surface area contributed by atoms with E-state index in [1.165, 1.54) is 33.6 Å². The number of hydrogen-bond donors (Lipinski definition) is 0. The number of methoxy groups -OCH3 is 1. The maximum absolute atomic E-state index is 13.1. The van der Waals surface area contributed by atoms with Gasteiger partial charge in [0, 0.05) is 24.5 Å². The molecule has 0 radical (unpaired) electrons. The number of ether oxygens (including phenoxy) is 2. The number of para-hydroxylation sites is 3. The van der Waals surface area contributed by atoms with Crippen LogP contribution in [0, 0.1) is 6.67 Å². The number of anilines is 3. The van der Waals surface area contributed by atoms with E-state index in [4.69, 9.17) is 19.2 Å². The minimum atomic E-state index is -0.369. The SMILES string of the molecule is CC(C)c1cccc(C(C)C)c1N1[CH-]N(c2c(C(C)C)cccc2C(C)C)CC1.CCC1CN(C(=O)c2ccc(OC)cc2)c2cccc([CH]=[Ru][Cl])c2O1. The second-order valence-electron chi connectivity index (χ2n) is 15.4. The van der Waals surface area contributed by atoms with Crippen LogP contribution in [0.5, 0.6) is 11.5 Å². The Balaban J connectivity index is 0.000000210. The molecule has 0 aromatic heterocycles. The number of amides is 1. The summed E-state index contributed by atoms with van der Waals surface area (Å²) in [7, 11) is 7.57. The zero-order valence-electron chi connectivity index (χ0n) is 33.7. The molecule has 6 rings (SSSR count). The Kier molecular flexibility index (Phi) is 14.4. The molecule has 1 unspecified atom stereocenters. The van der Waals surface area contributed by atoms with E-state index < -0.39 is 0 Å². The molecule has 6 nitrogen and oxygen atoms in total. The van der Waals surface area contributed by atoms with E-state index >= 15 is 0 Å². The molecule has 0 bridgehead atoms. The van der Waals surface area contributed by atoms with E-state index in [9.17, 15) is 4.79 Å². The van der Waals surface area contributed by atoms with Crippen molar-refractivity contribution in [2.75, 3.05) is 41.4 Å². The fourth-order valence-corrected chi connectivity index (χ4v) is 8.42. The average Bonchev–Trinajstić information content (AvgIpc) is 3.67. The normalized spacial score (nSPS) is 15.8. The van der Waals surface area contributed by atoms with E-state index in [0.717, 1.165) is 42.3 Å². The Morgan fingerprint density at radius 1 is 0.796 bits per heavy atom. The summed E-state index contributed by atoms with van der Waals surface area (Å²) in [6.07, 6.45) is 0.796. The van der Waals surface area contributed by atoms with Crippen molar-refractivity contribution in [1.29, 1.82) is 0 Å². The second-order valence-corrected chi connectivity index (χ2v) is 17.2. The van der Waals surface area contributed by atoms with Crippen molar-refractivity contribution < 1.29 is 30.0 Å². The standard InChI is InChI=1S/C27H39N2.C19H19NO3.ClH.Ru/c1-18(2)22-11-9-12-23(19(3)4)26(22)28-15-16-29(17-28)27-24(20(5)6)13-10-14-25(27)21(7)8;1-4-15-12-20(17-7-5-6-13(2)18(17)23-15)19(21)14-8-10-16(22-3)11-9-14;;/h9-14,17-21H,15-16H2,1-8H3;2,5-11,15H,4,12H2,1,3H3;1H;/q-1;;;+1/p-1. The first kappa shape index (κ1) is 41.5. The van der Waals surface area contributed by atoms with Crippen LogP contribution in [-0.2, 0) is 15.7 Å². The van der Waals surface area contributed by atoms with E-state index in [-0.39, 0.29) is 27.7 Å². The van der Waals surface area contributed by atoms with Crippen LogP contribution in [0.2, 0.25) is 0 Å². The zero-order valence-corrected chi connectivity index (χ0v) is 36.2. The van der Waals surface area contributed by atoms with Gasteiger partial charge in [0.05, 0.1) is 0 Å². The van der Waals surface area contributed by atoms with Crippen molar-refractivity contribution in [1.82, 2.24) is 0 Å². The van der Waals surface area contributed by atoms with E-state index in [2.05, 4.69) is 115 Å². The van der Waals surface area contributed by atoms with Gasteiger partial charge in [-0.3, -0.25) is 0 Å². The molecule has 0 spiro atoms. The molecule has 4 aromatic rings. The molecule has 2 aliphatic heterocycles. The number of nitrogens with zero attached hydrogens (tertiary/aromatic N) is 3. The molecule has 0 saturated carbocycles. The summed E-state index contributed by atoms with van der Waals surface area (Å²) in [6, 6.07) is 26.7. The fraction of sp³-hybridized carbons (Fsp3) is 0.413. The molecule has 0 aliphatic carbocycles. The van der Waals surface area contributed by atoms with Crippen molar-refractivity contribution in [3.05, 3.63) is 119 Å². The van der Waals surface area contributed by atoms with Gasteiger partial charge in [-0.05, 0) is 45.9 Å². The monoisotopic (exact) mass is 837 g/mol. The maximum atomic E-state index is 13.1. The van der Waals surface area contributed by atoms with Gasteiger partial charge in [-0.1, -0.05) is 91.8 Å². The van der Waals surface area contributed by atoms with Gasteiger partial charge < -0.3 is 9.80 Å². The molecule has 2 aliphatic rings. The van der Waals surface area contributed by atoms with Crippen LogP contribution in [-0.4, -0.2) is 43.4 Å². The van der Waals surface area contributed by atoms with Crippen LogP contribution in [0.1, 0.15) is 131 Å². The summed E-state index contributed by atoms with van der Waals surface area (Å²) in [6.45, 7) is 25.5. The number of benzene rings is 4. The number of hydrogen-bond acceptors (Lipinski definition) is 5. The number of fused-ring (bicyclic) bond motifs is 1. The van der Waals surface area contributed by atoms with Crippen LogP contribution >= 0.6 is 9.69 Å². The Morgan fingerprint density at radius 3 is 1.70 bits per heavy atom. The van der Waals surface area contributed by atoms with Gasteiger partial charge >= 0.3 is 159 Å². The van der Waals surface area contributed by atoms with Crippen molar-refractivity contribution >= 4 is 37.3 Å². The van der Waals surface area contributed by atoms with Gasteiger partial charge in [0.25, 0.3) is 0 Å². The van der Waals surface area contributed by atoms with E-state index in [1.54, 1.807) is 36.3 Å². The van der Waals surface area contributed by atoms with Crippen molar-refractivity contribution in [3.8, 4) is 11.5 Å². The molecule has 1 saturated heterocycles. The second kappa shape index (κ2) is 18.8.